The molecule has 124 valence electrons. The minimum atomic E-state index is -0.262. The molecule has 0 unspecified atom stereocenters. The van der Waals surface area contributed by atoms with Crippen LogP contribution in [0.15, 0.2) is 70.7 Å². The maximum Gasteiger partial charge on any atom is 0.275 e. The third kappa shape index (κ3) is 3.21. The van der Waals surface area contributed by atoms with Gasteiger partial charge in [0.25, 0.3) is 5.56 Å². The number of hydrogen-bond acceptors (Lipinski definition) is 3. The number of H-pyrrole nitrogens is 2. The minimum absolute atomic E-state index is 0.200. The fourth-order valence-electron chi connectivity index (χ4n) is 2.63. The van der Waals surface area contributed by atoms with Crippen LogP contribution in [0, 0.1) is 5.82 Å². The summed E-state index contributed by atoms with van der Waals surface area (Å²) < 4.78 is 13.0. The molecule has 0 amide bonds. The smallest absolute Gasteiger partial charge is 0.275 e. The molecule has 2 N–H and O–H groups in total. The van der Waals surface area contributed by atoms with E-state index in [9.17, 15) is 9.18 Å². The van der Waals surface area contributed by atoms with E-state index < -0.39 is 0 Å². The lowest BCUT2D eigenvalue weighted by molar-refractivity contribution is 0.627. The van der Waals surface area contributed by atoms with E-state index in [2.05, 4.69) is 15.0 Å². The second-order valence-corrected chi connectivity index (χ2v) is 6.54. The molecule has 6 heteroatoms. The van der Waals surface area contributed by atoms with E-state index in [0.717, 1.165) is 16.7 Å². The van der Waals surface area contributed by atoms with Gasteiger partial charge in [-0.25, -0.2) is 9.37 Å². The van der Waals surface area contributed by atoms with Gasteiger partial charge >= 0.3 is 0 Å². The van der Waals surface area contributed by atoms with Crippen molar-refractivity contribution < 1.29 is 4.39 Å². The molecule has 2 aromatic carbocycles. The van der Waals surface area contributed by atoms with Gasteiger partial charge in [0.05, 0.1) is 0 Å². The second-order valence-electron chi connectivity index (χ2n) is 5.58. The first-order chi connectivity index (χ1) is 12.2. The summed E-state index contributed by atoms with van der Waals surface area (Å²) in [4.78, 5) is 22.7. The van der Waals surface area contributed by atoms with Crippen LogP contribution in [0.2, 0.25) is 0 Å². The van der Waals surface area contributed by atoms with Gasteiger partial charge in [-0.2, -0.15) is 0 Å². The maximum atomic E-state index is 13.0. The number of fused-ring (bicyclic) bond motifs is 1. The Bertz CT molecular complexity index is 1070. The Morgan fingerprint density at radius 2 is 1.80 bits per heavy atom. The van der Waals surface area contributed by atoms with E-state index in [0.29, 0.717) is 21.9 Å². The molecule has 4 rings (SSSR count). The Hall–Kier alpha value is -2.86. The van der Waals surface area contributed by atoms with Crippen LogP contribution in [0.5, 0.6) is 0 Å². The van der Waals surface area contributed by atoms with Crippen molar-refractivity contribution in [2.75, 3.05) is 0 Å². The molecule has 4 nitrogen and oxygen atoms in total. The van der Waals surface area contributed by atoms with Gasteiger partial charge in [0.2, 0.25) is 0 Å². The summed E-state index contributed by atoms with van der Waals surface area (Å²) in [7, 11) is 0. The van der Waals surface area contributed by atoms with Crippen LogP contribution in [0.25, 0.3) is 22.2 Å². The largest absolute Gasteiger partial charge is 0.355 e. The predicted molar refractivity (Wildman–Crippen MR) is 98.1 cm³/mol. The number of benzene rings is 2. The van der Waals surface area contributed by atoms with E-state index in [4.69, 9.17) is 0 Å². The molecule has 0 aliphatic carbocycles. The van der Waals surface area contributed by atoms with Crippen LogP contribution < -0.4 is 5.56 Å². The highest BCUT2D eigenvalue weighted by Crippen LogP contribution is 2.27. The summed E-state index contributed by atoms with van der Waals surface area (Å²) in [6, 6.07) is 16.1. The quantitative estimate of drug-likeness (QED) is 0.424. The zero-order valence-corrected chi connectivity index (χ0v) is 13.9. The monoisotopic (exact) mass is 351 g/mol. The minimum Gasteiger partial charge on any atom is -0.355 e. The average molecular weight is 351 g/mol. The fourth-order valence-corrected chi connectivity index (χ4v) is 3.45. The van der Waals surface area contributed by atoms with Crippen molar-refractivity contribution in [1.82, 2.24) is 15.0 Å². The molecule has 0 aliphatic heterocycles. The topological polar surface area (TPSA) is 61.5 Å². The third-order valence-electron chi connectivity index (χ3n) is 3.89. The van der Waals surface area contributed by atoms with Gasteiger partial charge in [-0.3, -0.25) is 9.78 Å². The highest BCUT2D eigenvalue weighted by atomic mass is 32.2. The van der Waals surface area contributed by atoms with Crippen molar-refractivity contribution in [3.05, 3.63) is 82.5 Å². The predicted octanol–water partition coefficient (Wildman–Crippen LogP) is 4.35. The zero-order valence-electron chi connectivity index (χ0n) is 13.1. The van der Waals surface area contributed by atoms with Gasteiger partial charge in [-0.15, -0.1) is 0 Å². The molecule has 2 heterocycles. The summed E-state index contributed by atoms with van der Waals surface area (Å²) in [6.07, 6.45) is 1.80. The number of rotatable bonds is 4. The Balaban J connectivity index is 1.68. The number of aromatic nitrogens is 3. The van der Waals surface area contributed by atoms with Crippen LogP contribution >= 0.6 is 11.8 Å². The number of nitrogens with one attached hydrogen (secondary N) is 2. The van der Waals surface area contributed by atoms with Crippen molar-refractivity contribution in [2.24, 2.45) is 0 Å². The lowest BCUT2D eigenvalue weighted by Crippen LogP contribution is -2.09. The zero-order chi connectivity index (χ0) is 17.2. The van der Waals surface area contributed by atoms with Crippen molar-refractivity contribution in [3.63, 3.8) is 0 Å². The van der Waals surface area contributed by atoms with E-state index in [-0.39, 0.29) is 11.4 Å². The van der Waals surface area contributed by atoms with Gasteiger partial charge in [0.1, 0.15) is 16.9 Å². The van der Waals surface area contributed by atoms with E-state index in [1.807, 2.05) is 30.3 Å². The molecule has 0 fully saturated rings. The molecular weight excluding hydrogens is 337 g/mol. The lowest BCUT2D eigenvalue weighted by atomic mass is 10.1. The van der Waals surface area contributed by atoms with Gasteiger partial charge in [0.15, 0.2) is 5.16 Å². The van der Waals surface area contributed by atoms with Gasteiger partial charge < -0.3 is 4.98 Å². The Morgan fingerprint density at radius 3 is 2.56 bits per heavy atom. The van der Waals surface area contributed by atoms with Gasteiger partial charge in [0, 0.05) is 17.5 Å². The van der Waals surface area contributed by atoms with Crippen molar-refractivity contribution in [3.8, 4) is 11.1 Å². The molecule has 0 bridgehead atoms. The molecular formula is C19H14FN3OS. The van der Waals surface area contributed by atoms with Crippen molar-refractivity contribution in [1.29, 1.82) is 0 Å². The fraction of sp³-hybridized carbons (Fsp3) is 0.0526. The number of halogens is 1. The Morgan fingerprint density at radius 1 is 1.04 bits per heavy atom. The normalized spacial score (nSPS) is 11.1. The molecule has 0 atom stereocenters. The van der Waals surface area contributed by atoms with Crippen LogP contribution in [0.3, 0.4) is 0 Å². The van der Waals surface area contributed by atoms with Crippen LogP contribution in [0.1, 0.15) is 5.56 Å². The highest BCUT2D eigenvalue weighted by molar-refractivity contribution is 7.98. The SMILES string of the molecule is O=c1[nH]c(SCc2ccc(F)cc2)nc2c(-c3ccccc3)c[nH]c12. The number of thioether (sulfide) groups is 1. The molecule has 0 radical (unpaired) electrons. The molecule has 0 saturated heterocycles. The summed E-state index contributed by atoms with van der Waals surface area (Å²) in [5.74, 6) is 0.335. The van der Waals surface area contributed by atoms with Gasteiger partial charge in [-0.05, 0) is 23.3 Å². The highest BCUT2D eigenvalue weighted by Gasteiger charge is 2.12. The summed E-state index contributed by atoms with van der Waals surface area (Å²) in [5.41, 5.74) is 3.77. The van der Waals surface area contributed by atoms with E-state index in [1.165, 1.54) is 23.9 Å². The Labute approximate surface area is 147 Å². The van der Waals surface area contributed by atoms with Crippen LogP contribution in [-0.2, 0) is 5.75 Å². The molecule has 0 aliphatic rings. The third-order valence-corrected chi connectivity index (χ3v) is 4.83. The first-order valence-electron chi connectivity index (χ1n) is 7.75. The Kier molecular flexibility index (Phi) is 4.11. The maximum absolute atomic E-state index is 13.0. The van der Waals surface area contributed by atoms with Crippen molar-refractivity contribution >= 4 is 22.8 Å². The lowest BCUT2D eigenvalue weighted by Gasteiger charge is -2.03. The number of aromatic amines is 2. The molecule has 4 aromatic rings. The van der Waals surface area contributed by atoms with Crippen LogP contribution in [-0.4, -0.2) is 15.0 Å². The molecule has 25 heavy (non-hydrogen) atoms. The molecule has 0 spiro atoms. The number of nitrogens with zero attached hydrogens (tertiary/aromatic N) is 1. The van der Waals surface area contributed by atoms with Gasteiger partial charge in [-0.1, -0.05) is 54.2 Å². The van der Waals surface area contributed by atoms with E-state index in [1.54, 1.807) is 18.3 Å². The van der Waals surface area contributed by atoms with Crippen molar-refractivity contribution in [2.45, 2.75) is 10.9 Å². The van der Waals surface area contributed by atoms with E-state index >= 15 is 0 Å². The summed E-state index contributed by atoms with van der Waals surface area (Å²) in [6.45, 7) is 0. The van der Waals surface area contributed by atoms with Crippen LogP contribution in [0.4, 0.5) is 4.39 Å². The second kappa shape index (κ2) is 6.57. The average Bonchev–Trinajstić information content (AvgIpc) is 3.06. The number of hydrogen-bond donors (Lipinski definition) is 2. The first-order valence-corrected chi connectivity index (χ1v) is 8.73. The molecule has 0 saturated carbocycles. The standard InChI is InChI=1S/C19H14FN3OS/c20-14-8-6-12(7-9-14)11-25-19-22-16-15(13-4-2-1-3-5-13)10-21-17(16)18(24)23-19/h1-10,21H,11H2,(H,22,23,24). The summed E-state index contributed by atoms with van der Waals surface area (Å²) in [5, 5.41) is 0.540. The summed E-state index contributed by atoms with van der Waals surface area (Å²) >= 11 is 1.41. The molecule has 2 aromatic heterocycles. The first kappa shape index (κ1) is 15.7.